The summed E-state index contributed by atoms with van der Waals surface area (Å²) in [6, 6.07) is 6.24. The summed E-state index contributed by atoms with van der Waals surface area (Å²) in [7, 11) is 0. The van der Waals surface area contributed by atoms with Gasteiger partial charge in [-0.2, -0.15) is 0 Å². The zero-order chi connectivity index (χ0) is 15.6. The molecule has 0 bridgehead atoms. The van der Waals surface area contributed by atoms with Crippen LogP contribution in [0.25, 0.3) is 11.1 Å². The van der Waals surface area contributed by atoms with Crippen LogP contribution < -0.4 is 5.32 Å². The lowest BCUT2D eigenvalue weighted by Gasteiger charge is -2.13. The second-order valence-electron chi connectivity index (χ2n) is 4.84. The number of hydrogen-bond acceptors (Lipinski definition) is 1. The predicted octanol–water partition coefficient (Wildman–Crippen LogP) is 4.15. The van der Waals surface area contributed by atoms with E-state index in [1.165, 1.54) is 6.07 Å². The molecule has 0 saturated carbocycles. The van der Waals surface area contributed by atoms with Crippen LogP contribution in [-0.2, 0) is 11.3 Å². The molecule has 2 aromatic rings. The number of aryl methyl sites for hydroxylation is 2. The van der Waals surface area contributed by atoms with Gasteiger partial charge in [0.1, 0.15) is 0 Å². The van der Waals surface area contributed by atoms with Crippen molar-refractivity contribution in [1.82, 2.24) is 5.32 Å². The molecule has 0 fully saturated rings. The Morgan fingerprint density at radius 2 is 1.76 bits per heavy atom. The Bertz CT molecular complexity index is 678. The van der Waals surface area contributed by atoms with Crippen molar-refractivity contribution in [2.75, 3.05) is 0 Å². The van der Waals surface area contributed by atoms with Gasteiger partial charge in [0, 0.05) is 17.1 Å². The zero-order valence-corrected chi connectivity index (χ0v) is 12.4. The standard InChI is InChI=1S/C16H14ClF2NO/c1-9-3-13(17)4-10(2)15(9)11-5-12(7-20-8-21)16(19)14(18)6-11/h3-6,8H,7H2,1-2H3,(H,20,21). The van der Waals surface area contributed by atoms with E-state index in [4.69, 9.17) is 11.6 Å². The molecule has 0 aliphatic carbocycles. The topological polar surface area (TPSA) is 29.1 Å². The van der Waals surface area contributed by atoms with Gasteiger partial charge in [-0.15, -0.1) is 0 Å². The summed E-state index contributed by atoms with van der Waals surface area (Å²) < 4.78 is 27.5. The van der Waals surface area contributed by atoms with E-state index in [1.807, 2.05) is 13.8 Å². The Morgan fingerprint density at radius 1 is 1.14 bits per heavy atom. The fraction of sp³-hybridized carbons (Fsp3) is 0.188. The van der Waals surface area contributed by atoms with Crippen molar-refractivity contribution >= 4 is 18.0 Å². The van der Waals surface area contributed by atoms with E-state index in [-0.39, 0.29) is 12.1 Å². The van der Waals surface area contributed by atoms with Crippen LogP contribution >= 0.6 is 11.6 Å². The number of benzene rings is 2. The molecule has 2 aromatic carbocycles. The number of hydrogen-bond donors (Lipinski definition) is 1. The van der Waals surface area contributed by atoms with Crippen molar-refractivity contribution in [3.63, 3.8) is 0 Å². The number of rotatable bonds is 4. The minimum Gasteiger partial charge on any atom is -0.354 e. The molecule has 1 N–H and O–H groups in total. The maximum atomic E-state index is 13.8. The highest BCUT2D eigenvalue weighted by Crippen LogP contribution is 2.32. The highest BCUT2D eigenvalue weighted by molar-refractivity contribution is 6.30. The normalized spacial score (nSPS) is 10.5. The molecule has 1 amide bonds. The van der Waals surface area contributed by atoms with Crippen LogP contribution in [0, 0.1) is 25.5 Å². The van der Waals surface area contributed by atoms with E-state index in [9.17, 15) is 13.6 Å². The number of amides is 1. The van der Waals surface area contributed by atoms with Gasteiger partial charge in [0.2, 0.25) is 6.41 Å². The summed E-state index contributed by atoms with van der Waals surface area (Å²) in [5.41, 5.74) is 3.22. The lowest BCUT2D eigenvalue weighted by atomic mass is 9.94. The molecule has 0 radical (unpaired) electrons. The monoisotopic (exact) mass is 309 g/mol. The lowest BCUT2D eigenvalue weighted by molar-refractivity contribution is -0.109. The highest BCUT2D eigenvalue weighted by atomic mass is 35.5. The fourth-order valence-corrected chi connectivity index (χ4v) is 2.76. The van der Waals surface area contributed by atoms with Gasteiger partial charge in [-0.05, 0) is 60.4 Å². The van der Waals surface area contributed by atoms with E-state index in [1.54, 1.807) is 12.1 Å². The lowest BCUT2D eigenvalue weighted by Crippen LogP contribution is -2.12. The van der Waals surface area contributed by atoms with Crippen LogP contribution in [0.1, 0.15) is 16.7 Å². The molecule has 0 unspecified atom stereocenters. The van der Waals surface area contributed by atoms with Gasteiger partial charge >= 0.3 is 0 Å². The van der Waals surface area contributed by atoms with Gasteiger partial charge in [0.05, 0.1) is 0 Å². The van der Waals surface area contributed by atoms with E-state index in [0.29, 0.717) is 17.0 Å². The number of halogens is 3. The van der Waals surface area contributed by atoms with Crippen molar-refractivity contribution in [1.29, 1.82) is 0 Å². The van der Waals surface area contributed by atoms with Crippen LogP contribution in [0.2, 0.25) is 5.02 Å². The number of nitrogens with one attached hydrogen (secondary N) is 1. The predicted molar refractivity (Wildman–Crippen MR) is 79.2 cm³/mol. The first-order chi connectivity index (χ1) is 9.93. The Balaban J connectivity index is 2.59. The summed E-state index contributed by atoms with van der Waals surface area (Å²) in [5, 5.41) is 2.94. The summed E-state index contributed by atoms with van der Waals surface area (Å²) in [6.45, 7) is 3.66. The maximum absolute atomic E-state index is 13.8. The second-order valence-corrected chi connectivity index (χ2v) is 5.28. The molecule has 0 aliphatic rings. The molecule has 110 valence electrons. The van der Waals surface area contributed by atoms with Crippen molar-refractivity contribution in [3.05, 3.63) is 57.6 Å². The van der Waals surface area contributed by atoms with E-state index in [0.717, 1.165) is 22.8 Å². The smallest absolute Gasteiger partial charge is 0.207 e. The van der Waals surface area contributed by atoms with Gasteiger partial charge < -0.3 is 5.32 Å². The Kier molecular flexibility index (Phi) is 4.58. The largest absolute Gasteiger partial charge is 0.354 e. The molecule has 2 nitrogen and oxygen atoms in total. The zero-order valence-electron chi connectivity index (χ0n) is 11.6. The molecular formula is C16H14ClF2NO. The molecule has 0 atom stereocenters. The van der Waals surface area contributed by atoms with E-state index < -0.39 is 11.6 Å². The molecule has 0 spiro atoms. The van der Waals surface area contributed by atoms with Crippen LogP contribution in [0.15, 0.2) is 24.3 Å². The molecule has 5 heteroatoms. The first kappa shape index (κ1) is 15.4. The van der Waals surface area contributed by atoms with Gasteiger partial charge in [-0.25, -0.2) is 8.78 Å². The van der Waals surface area contributed by atoms with Crippen molar-refractivity contribution < 1.29 is 13.6 Å². The summed E-state index contributed by atoms with van der Waals surface area (Å²) in [6.07, 6.45) is 0.447. The van der Waals surface area contributed by atoms with Crippen LogP contribution in [-0.4, -0.2) is 6.41 Å². The average Bonchev–Trinajstić information content (AvgIpc) is 2.39. The third-order valence-electron chi connectivity index (χ3n) is 3.27. The van der Waals surface area contributed by atoms with Crippen molar-refractivity contribution in [2.24, 2.45) is 0 Å². The third kappa shape index (κ3) is 3.22. The molecule has 2 rings (SSSR count). The highest BCUT2D eigenvalue weighted by Gasteiger charge is 2.14. The van der Waals surface area contributed by atoms with E-state index >= 15 is 0 Å². The van der Waals surface area contributed by atoms with Gasteiger partial charge in [-0.1, -0.05) is 11.6 Å². The molecule has 0 saturated heterocycles. The van der Waals surface area contributed by atoms with Gasteiger partial charge in [-0.3, -0.25) is 4.79 Å². The third-order valence-corrected chi connectivity index (χ3v) is 3.48. The van der Waals surface area contributed by atoms with Gasteiger partial charge in [0.25, 0.3) is 0 Å². The Labute approximate surface area is 126 Å². The van der Waals surface area contributed by atoms with Crippen LogP contribution in [0.3, 0.4) is 0 Å². The minimum absolute atomic E-state index is 0.0637. The first-order valence-corrected chi connectivity index (χ1v) is 6.74. The van der Waals surface area contributed by atoms with Crippen molar-refractivity contribution in [3.8, 4) is 11.1 Å². The Hall–Kier alpha value is -1.94. The Morgan fingerprint density at radius 3 is 2.33 bits per heavy atom. The fourth-order valence-electron chi connectivity index (χ4n) is 2.44. The second kappa shape index (κ2) is 6.22. The first-order valence-electron chi connectivity index (χ1n) is 6.36. The number of carbonyl (C=O) groups excluding carboxylic acids is 1. The molecule has 21 heavy (non-hydrogen) atoms. The van der Waals surface area contributed by atoms with Crippen molar-refractivity contribution in [2.45, 2.75) is 20.4 Å². The maximum Gasteiger partial charge on any atom is 0.207 e. The summed E-state index contributed by atoms with van der Waals surface area (Å²) >= 11 is 5.98. The molecule has 0 heterocycles. The van der Waals surface area contributed by atoms with Crippen LogP contribution in [0.4, 0.5) is 8.78 Å². The summed E-state index contributed by atoms with van der Waals surface area (Å²) in [5.74, 6) is -1.89. The number of carbonyl (C=O) groups is 1. The minimum atomic E-state index is -0.947. The summed E-state index contributed by atoms with van der Waals surface area (Å²) in [4.78, 5) is 10.3. The SMILES string of the molecule is Cc1cc(Cl)cc(C)c1-c1cc(F)c(F)c(CNC=O)c1. The quantitative estimate of drug-likeness (QED) is 0.845. The molecule has 0 aliphatic heterocycles. The van der Waals surface area contributed by atoms with Gasteiger partial charge in [0.15, 0.2) is 11.6 Å². The molecular weight excluding hydrogens is 296 g/mol. The molecule has 0 aromatic heterocycles. The average molecular weight is 310 g/mol. The van der Waals surface area contributed by atoms with E-state index in [2.05, 4.69) is 5.32 Å². The van der Waals surface area contributed by atoms with Crippen LogP contribution in [0.5, 0.6) is 0 Å².